The van der Waals surface area contributed by atoms with Crippen molar-refractivity contribution in [3.05, 3.63) is 0 Å². The third-order valence-electron chi connectivity index (χ3n) is 3.74. The minimum absolute atomic E-state index is 0.0636. The molecule has 1 amide bonds. The van der Waals surface area contributed by atoms with Crippen LogP contribution in [-0.2, 0) is 4.79 Å². The van der Waals surface area contributed by atoms with E-state index >= 15 is 0 Å². The Morgan fingerprint density at radius 1 is 1.00 bits per heavy atom. The summed E-state index contributed by atoms with van der Waals surface area (Å²) >= 11 is 0. The summed E-state index contributed by atoms with van der Waals surface area (Å²) in [5, 5.41) is 3.32. The zero-order valence-corrected chi connectivity index (χ0v) is 13.7. The van der Waals surface area contributed by atoms with Crippen molar-refractivity contribution in [3.8, 4) is 0 Å². The Morgan fingerprint density at radius 3 is 1.95 bits per heavy atom. The molecule has 1 heterocycles. The van der Waals surface area contributed by atoms with Gasteiger partial charge in [0.25, 0.3) is 0 Å². The van der Waals surface area contributed by atoms with Gasteiger partial charge in [-0.05, 0) is 73.5 Å². The molecule has 1 N–H and O–H groups in total. The van der Waals surface area contributed by atoms with Gasteiger partial charge in [0, 0.05) is 13.1 Å². The molecule has 0 radical (unpaired) electrons. The molecule has 1 unspecified atom stereocenters. The number of nitrogens with zero attached hydrogens (tertiary/aromatic N) is 3. The topological polar surface area (TPSA) is 38.8 Å². The summed E-state index contributed by atoms with van der Waals surface area (Å²) in [6, 6.07) is 0.0636. The summed E-state index contributed by atoms with van der Waals surface area (Å²) in [5.74, 6) is 0.306. The minimum Gasteiger partial charge on any atom is -0.341 e. The van der Waals surface area contributed by atoms with E-state index in [1.165, 1.54) is 0 Å². The van der Waals surface area contributed by atoms with Gasteiger partial charge in [0.05, 0.1) is 6.04 Å². The summed E-state index contributed by atoms with van der Waals surface area (Å²) in [6.07, 6.45) is 4.22. The molecule has 0 bridgehead atoms. The first-order chi connectivity index (χ1) is 9.50. The minimum atomic E-state index is 0.0636. The molecule has 5 nitrogen and oxygen atoms in total. The largest absolute Gasteiger partial charge is 0.341 e. The highest BCUT2D eigenvalue weighted by atomic mass is 16.2. The van der Waals surface area contributed by atoms with E-state index in [-0.39, 0.29) is 6.04 Å². The average molecular weight is 284 g/mol. The lowest BCUT2D eigenvalue weighted by Crippen LogP contribution is -2.45. The van der Waals surface area contributed by atoms with Gasteiger partial charge >= 0.3 is 0 Å². The third kappa shape index (κ3) is 6.68. The van der Waals surface area contributed by atoms with E-state index in [9.17, 15) is 4.79 Å². The fraction of sp³-hybridized carbons (Fsp3) is 0.933. The van der Waals surface area contributed by atoms with Gasteiger partial charge < -0.3 is 20.0 Å². The summed E-state index contributed by atoms with van der Waals surface area (Å²) in [5.41, 5.74) is 0. The van der Waals surface area contributed by atoms with Crippen LogP contribution in [0.2, 0.25) is 0 Å². The Hall–Kier alpha value is -0.650. The van der Waals surface area contributed by atoms with Gasteiger partial charge in [-0.25, -0.2) is 0 Å². The standard InChI is InChI=1S/C15H32N4O/c1-17(2)10-6-12-19(13-7-11-18(3)4)15(20)14-8-5-9-16-14/h14,16H,5-13H2,1-4H3. The zero-order valence-electron chi connectivity index (χ0n) is 13.7. The maximum atomic E-state index is 12.5. The molecule has 1 aliphatic heterocycles. The molecule has 5 heteroatoms. The second kappa shape index (κ2) is 9.32. The Morgan fingerprint density at radius 2 is 1.55 bits per heavy atom. The van der Waals surface area contributed by atoms with Crippen molar-refractivity contribution in [2.24, 2.45) is 0 Å². The lowest BCUT2D eigenvalue weighted by molar-refractivity contribution is -0.133. The van der Waals surface area contributed by atoms with Crippen LogP contribution < -0.4 is 5.32 Å². The Bertz CT molecular complexity index is 261. The normalized spacial score (nSPS) is 19.0. The molecule has 1 atom stereocenters. The molecule has 1 rings (SSSR count). The quantitative estimate of drug-likeness (QED) is 0.668. The van der Waals surface area contributed by atoms with Crippen LogP contribution >= 0.6 is 0 Å². The van der Waals surface area contributed by atoms with E-state index in [4.69, 9.17) is 0 Å². The summed E-state index contributed by atoms with van der Waals surface area (Å²) in [7, 11) is 8.32. The maximum absolute atomic E-state index is 12.5. The van der Waals surface area contributed by atoms with Crippen molar-refractivity contribution in [3.63, 3.8) is 0 Å². The maximum Gasteiger partial charge on any atom is 0.239 e. The zero-order chi connectivity index (χ0) is 15.0. The molecular weight excluding hydrogens is 252 g/mol. The smallest absolute Gasteiger partial charge is 0.239 e. The first-order valence-electron chi connectivity index (χ1n) is 7.82. The lowest BCUT2D eigenvalue weighted by Gasteiger charge is -2.27. The fourth-order valence-electron chi connectivity index (χ4n) is 2.60. The summed E-state index contributed by atoms with van der Waals surface area (Å²) in [6.45, 7) is 4.82. The average Bonchev–Trinajstić information content (AvgIpc) is 2.89. The monoisotopic (exact) mass is 284 g/mol. The first-order valence-corrected chi connectivity index (χ1v) is 7.82. The molecule has 0 aromatic carbocycles. The van der Waals surface area contributed by atoms with E-state index in [1.54, 1.807) is 0 Å². The number of amides is 1. The van der Waals surface area contributed by atoms with Crippen LogP contribution in [0, 0.1) is 0 Å². The molecule has 0 aliphatic carbocycles. The summed E-state index contributed by atoms with van der Waals surface area (Å²) in [4.78, 5) is 19.0. The molecule has 0 aromatic heterocycles. The van der Waals surface area contributed by atoms with Crippen molar-refractivity contribution in [2.75, 3.05) is 60.9 Å². The van der Waals surface area contributed by atoms with Crippen LogP contribution in [0.25, 0.3) is 0 Å². The number of carbonyl (C=O) groups is 1. The predicted molar refractivity (Wildman–Crippen MR) is 83.9 cm³/mol. The Kier molecular flexibility index (Phi) is 8.11. The van der Waals surface area contributed by atoms with Crippen LogP contribution in [0.4, 0.5) is 0 Å². The van der Waals surface area contributed by atoms with Crippen molar-refractivity contribution in [2.45, 2.75) is 31.7 Å². The van der Waals surface area contributed by atoms with Crippen molar-refractivity contribution < 1.29 is 4.79 Å². The van der Waals surface area contributed by atoms with Gasteiger partial charge in [0.15, 0.2) is 0 Å². The second-order valence-corrected chi connectivity index (χ2v) is 6.29. The van der Waals surface area contributed by atoms with E-state index < -0.39 is 0 Å². The third-order valence-corrected chi connectivity index (χ3v) is 3.74. The number of hydrogen-bond acceptors (Lipinski definition) is 4. The number of nitrogens with one attached hydrogen (secondary N) is 1. The van der Waals surface area contributed by atoms with Crippen LogP contribution in [0.5, 0.6) is 0 Å². The van der Waals surface area contributed by atoms with Gasteiger partial charge in [-0.3, -0.25) is 4.79 Å². The highest BCUT2D eigenvalue weighted by Crippen LogP contribution is 2.10. The predicted octanol–water partition coefficient (Wildman–Crippen LogP) is 0.470. The van der Waals surface area contributed by atoms with Crippen LogP contribution in [-0.4, -0.2) is 87.6 Å². The molecule has 20 heavy (non-hydrogen) atoms. The van der Waals surface area contributed by atoms with Gasteiger partial charge in [0.2, 0.25) is 5.91 Å². The van der Waals surface area contributed by atoms with E-state index in [2.05, 4.69) is 48.2 Å². The van der Waals surface area contributed by atoms with Gasteiger partial charge in [-0.2, -0.15) is 0 Å². The summed E-state index contributed by atoms with van der Waals surface area (Å²) < 4.78 is 0. The fourth-order valence-corrected chi connectivity index (χ4v) is 2.60. The van der Waals surface area contributed by atoms with Crippen LogP contribution in [0.3, 0.4) is 0 Å². The Labute approximate surface area is 124 Å². The van der Waals surface area contributed by atoms with E-state index in [1.807, 2.05) is 0 Å². The molecule has 0 saturated carbocycles. The van der Waals surface area contributed by atoms with Crippen LogP contribution in [0.15, 0.2) is 0 Å². The van der Waals surface area contributed by atoms with Gasteiger partial charge in [-0.1, -0.05) is 0 Å². The van der Waals surface area contributed by atoms with Crippen molar-refractivity contribution >= 4 is 5.91 Å². The van der Waals surface area contributed by atoms with Crippen molar-refractivity contribution in [1.82, 2.24) is 20.0 Å². The highest BCUT2D eigenvalue weighted by molar-refractivity contribution is 5.82. The number of rotatable bonds is 9. The number of hydrogen-bond donors (Lipinski definition) is 1. The first kappa shape index (κ1) is 17.4. The lowest BCUT2D eigenvalue weighted by atomic mass is 10.2. The number of carbonyl (C=O) groups excluding carboxylic acids is 1. The highest BCUT2D eigenvalue weighted by Gasteiger charge is 2.26. The molecule has 118 valence electrons. The van der Waals surface area contributed by atoms with Gasteiger partial charge in [-0.15, -0.1) is 0 Å². The SMILES string of the molecule is CN(C)CCCN(CCCN(C)C)C(=O)C1CCCN1. The van der Waals surface area contributed by atoms with E-state index in [0.717, 1.165) is 58.4 Å². The molecule has 1 saturated heterocycles. The second-order valence-electron chi connectivity index (χ2n) is 6.29. The Balaban J connectivity index is 2.41. The van der Waals surface area contributed by atoms with Gasteiger partial charge in [0.1, 0.15) is 0 Å². The molecule has 1 fully saturated rings. The molecular formula is C15H32N4O. The van der Waals surface area contributed by atoms with E-state index in [0.29, 0.717) is 5.91 Å². The van der Waals surface area contributed by atoms with Crippen molar-refractivity contribution in [1.29, 1.82) is 0 Å². The molecule has 0 spiro atoms. The van der Waals surface area contributed by atoms with Crippen LogP contribution in [0.1, 0.15) is 25.7 Å². The molecule has 0 aromatic rings. The molecule has 1 aliphatic rings.